The lowest BCUT2D eigenvalue weighted by molar-refractivity contribution is 0.0951. The number of nitrogens with zero attached hydrogens (tertiary/aromatic N) is 3. The molecule has 0 saturated carbocycles. The van der Waals surface area contributed by atoms with Crippen molar-refractivity contribution >= 4 is 22.6 Å². The molecule has 0 saturated heterocycles. The zero-order valence-electron chi connectivity index (χ0n) is 17.4. The van der Waals surface area contributed by atoms with Gasteiger partial charge in [0.2, 0.25) is 0 Å². The highest BCUT2D eigenvalue weighted by molar-refractivity contribution is 6.07. The Hall–Kier alpha value is -3.67. The number of pyridine rings is 1. The number of rotatable bonds is 6. The standard InChI is InChI=1S/C24H25N5O/c1-16-9-11-19(12-10-16)14-27-24(30)20-15-26-23-21(17(2)28-29(23)3)22(20)25-13-18-7-5-4-6-8-18/h4-12,15H,13-14H2,1-3H3,(H,25,26)(H,27,30). The van der Waals surface area contributed by atoms with Gasteiger partial charge in [-0.05, 0) is 25.0 Å². The first kappa shape index (κ1) is 19.6. The minimum atomic E-state index is -0.163. The Labute approximate surface area is 176 Å². The van der Waals surface area contributed by atoms with E-state index < -0.39 is 0 Å². The van der Waals surface area contributed by atoms with Crippen molar-refractivity contribution in [2.24, 2.45) is 7.05 Å². The van der Waals surface area contributed by atoms with Crippen LogP contribution < -0.4 is 10.6 Å². The number of carbonyl (C=O) groups excluding carboxylic acids is 1. The van der Waals surface area contributed by atoms with E-state index in [2.05, 4.69) is 32.8 Å². The molecule has 0 spiro atoms. The molecule has 0 bridgehead atoms. The van der Waals surface area contributed by atoms with E-state index in [9.17, 15) is 4.79 Å². The van der Waals surface area contributed by atoms with Crippen LogP contribution in [0.4, 0.5) is 5.69 Å². The Morgan fingerprint density at radius 2 is 1.67 bits per heavy atom. The molecule has 152 valence electrons. The van der Waals surface area contributed by atoms with Crippen molar-refractivity contribution in [3.05, 3.63) is 88.7 Å². The second-order valence-corrected chi connectivity index (χ2v) is 7.46. The smallest absolute Gasteiger partial charge is 0.255 e. The van der Waals surface area contributed by atoms with E-state index in [0.717, 1.165) is 33.5 Å². The maximum atomic E-state index is 13.1. The third-order valence-corrected chi connectivity index (χ3v) is 5.16. The number of anilines is 1. The van der Waals surface area contributed by atoms with Gasteiger partial charge in [-0.15, -0.1) is 0 Å². The molecule has 0 aliphatic rings. The van der Waals surface area contributed by atoms with Gasteiger partial charge in [0.05, 0.1) is 22.3 Å². The van der Waals surface area contributed by atoms with Crippen molar-refractivity contribution < 1.29 is 4.79 Å². The summed E-state index contributed by atoms with van der Waals surface area (Å²) in [5.41, 5.74) is 6.24. The van der Waals surface area contributed by atoms with Crippen molar-refractivity contribution in [3.8, 4) is 0 Å². The van der Waals surface area contributed by atoms with Crippen LogP contribution in [0.5, 0.6) is 0 Å². The van der Waals surface area contributed by atoms with Crippen molar-refractivity contribution in [1.29, 1.82) is 0 Å². The molecule has 4 rings (SSSR count). The number of aromatic nitrogens is 3. The summed E-state index contributed by atoms with van der Waals surface area (Å²) in [6.07, 6.45) is 1.63. The molecule has 30 heavy (non-hydrogen) atoms. The minimum absolute atomic E-state index is 0.163. The van der Waals surface area contributed by atoms with E-state index in [1.165, 1.54) is 5.56 Å². The molecule has 2 N–H and O–H groups in total. The van der Waals surface area contributed by atoms with Crippen LogP contribution in [-0.2, 0) is 20.1 Å². The summed E-state index contributed by atoms with van der Waals surface area (Å²) < 4.78 is 1.74. The van der Waals surface area contributed by atoms with Gasteiger partial charge in [0.25, 0.3) is 5.91 Å². The lowest BCUT2D eigenvalue weighted by atomic mass is 10.1. The van der Waals surface area contributed by atoms with E-state index in [1.54, 1.807) is 10.9 Å². The average molecular weight is 399 g/mol. The van der Waals surface area contributed by atoms with E-state index in [-0.39, 0.29) is 5.91 Å². The van der Waals surface area contributed by atoms with Gasteiger partial charge in [-0.25, -0.2) is 4.98 Å². The number of benzene rings is 2. The van der Waals surface area contributed by atoms with Crippen molar-refractivity contribution in [2.75, 3.05) is 5.32 Å². The number of fused-ring (bicyclic) bond motifs is 1. The van der Waals surface area contributed by atoms with Gasteiger partial charge < -0.3 is 10.6 Å². The maximum Gasteiger partial charge on any atom is 0.255 e. The van der Waals surface area contributed by atoms with Gasteiger partial charge >= 0.3 is 0 Å². The van der Waals surface area contributed by atoms with Gasteiger partial charge in [0.15, 0.2) is 5.65 Å². The molecule has 0 atom stereocenters. The summed E-state index contributed by atoms with van der Waals surface area (Å²) in [7, 11) is 1.86. The van der Waals surface area contributed by atoms with Crippen LogP contribution in [0.25, 0.3) is 11.0 Å². The number of carbonyl (C=O) groups is 1. The van der Waals surface area contributed by atoms with Crippen LogP contribution in [0.3, 0.4) is 0 Å². The molecule has 0 aliphatic carbocycles. The number of aryl methyl sites for hydroxylation is 3. The van der Waals surface area contributed by atoms with E-state index in [1.807, 2.05) is 63.4 Å². The Balaban J connectivity index is 1.64. The zero-order valence-corrected chi connectivity index (χ0v) is 17.4. The Bertz CT molecular complexity index is 1180. The molecule has 0 radical (unpaired) electrons. The number of hydrogen-bond donors (Lipinski definition) is 2. The normalized spacial score (nSPS) is 10.9. The van der Waals surface area contributed by atoms with E-state index in [4.69, 9.17) is 0 Å². The molecule has 2 heterocycles. The Morgan fingerprint density at radius 1 is 0.967 bits per heavy atom. The van der Waals surface area contributed by atoms with Gasteiger partial charge in [-0.3, -0.25) is 9.48 Å². The molecule has 6 nitrogen and oxygen atoms in total. The highest BCUT2D eigenvalue weighted by atomic mass is 16.1. The molecular weight excluding hydrogens is 374 g/mol. The predicted molar refractivity (Wildman–Crippen MR) is 119 cm³/mol. The molecule has 6 heteroatoms. The van der Waals surface area contributed by atoms with Crippen LogP contribution in [0, 0.1) is 13.8 Å². The summed E-state index contributed by atoms with van der Waals surface area (Å²) in [5, 5.41) is 11.8. The predicted octanol–water partition coefficient (Wildman–Crippen LogP) is 4.13. The topological polar surface area (TPSA) is 71.8 Å². The van der Waals surface area contributed by atoms with E-state index in [0.29, 0.717) is 18.7 Å². The van der Waals surface area contributed by atoms with Gasteiger partial charge in [-0.1, -0.05) is 60.2 Å². The lowest BCUT2D eigenvalue weighted by Crippen LogP contribution is -2.24. The fourth-order valence-electron chi connectivity index (χ4n) is 3.54. The quantitative estimate of drug-likeness (QED) is 0.511. The summed E-state index contributed by atoms with van der Waals surface area (Å²) in [5.74, 6) is -0.163. The van der Waals surface area contributed by atoms with Gasteiger partial charge in [0.1, 0.15) is 0 Å². The number of nitrogens with one attached hydrogen (secondary N) is 2. The molecular formula is C24H25N5O. The Morgan fingerprint density at radius 3 is 2.40 bits per heavy atom. The first-order valence-electron chi connectivity index (χ1n) is 9.97. The number of hydrogen-bond acceptors (Lipinski definition) is 4. The summed E-state index contributed by atoms with van der Waals surface area (Å²) >= 11 is 0. The van der Waals surface area contributed by atoms with Crippen LogP contribution in [0.1, 0.15) is 32.7 Å². The first-order chi connectivity index (χ1) is 14.5. The second kappa shape index (κ2) is 8.37. The van der Waals surface area contributed by atoms with E-state index >= 15 is 0 Å². The fraction of sp³-hybridized carbons (Fsp3) is 0.208. The Kier molecular flexibility index (Phi) is 5.48. The second-order valence-electron chi connectivity index (χ2n) is 7.46. The highest BCUT2D eigenvalue weighted by Crippen LogP contribution is 2.29. The maximum absolute atomic E-state index is 13.1. The molecule has 1 amide bonds. The van der Waals surface area contributed by atoms with Crippen LogP contribution >= 0.6 is 0 Å². The van der Waals surface area contributed by atoms with Crippen LogP contribution in [0.2, 0.25) is 0 Å². The molecule has 0 unspecified atom stereocenters. The molecule has 0 fully saturated rings. The SMILES string of the molecule is Cc1ccc(CNC(=O)c2cnc3c(c(C)nn3C)c2NCc2ccccc2)cc1. The third-order valence-electron chi connectivity index (χ3n) is 5.16. The first-order valence-corrected chi connectivity index (χ1v) is 9.97. The van der Waals surface area contributed by atoms with Crippen molar-refractivity contribution in [3.63, 3.8) is 0 Å². The summed E-state index contributed by atoms with van der Waals surface area (Å²) in [6, 6.07) is 18.2. The largest absolute Gasteiger partial charge is 0.380 e. The monoisotopic (exact) mass is 399 g/mol. The van der Waals surface area contributed by atoms with Crippen LogP contribution in [-0.4, -0.2) is 20.7 Å². The third kappa shape index (κ3) is 4.03. The lowest BCUT2D eigenvalue weighted by Gasteiger charge is -2.14. The molecule has 0 aliphatic heterocycles. The van der Waals surface area contributed by atoms with Crippen LogP contribution in [0.15, 0.2) is 60.8 Å². The summed E-state index contributed by atoms with van der Waals surface area (Å²) in [4.78, 5) is 17.6. The summed E-state index contributed by atoms with van der Waals surface area (Å²) in [6.45, 7) is 5.05. The van der Waals surface area contributed by atoms with Gasteiger partial charge in [-0.2, -0.15) is 5.10 Å². The minimum Gasteiger partial charge on any atom is -0.380 e. The average Bonchev–Trinajstić information content (AvgIpc) is 3.06. The molecule has 4 aromatic rings. The van der Waals surface area contributed by atoms with Crippen molar-refractivity contribution in [1.82, 2.24) is 20.1 Å². The zero-order chi connectivity index (χ0) is 21.1. The fourth-order valence-corrected chi connectivity index (χ4v) is 3.54. The molecule has 2 aromatic carbocycles. The van der Waals surface area contributed by atoms with Crippen molar-refractivity contribution in [2.45, 2.75) is 26.9 Å². The number of amides is 1. The molecule has 2 aromatic heterocycles. The van der Waals surface area contributed by atoms with Gasteiger partial charge in [0, 0.05) is 26.3 Å². The highest BCUT2D eigenvalue weighted by Gasteiger charge is 2.19.